The topological polar surface area (TPSA) is 80.5 Å². The summed E-state index contributed by atoms with van der Waals surface area (Å²) in [4.78, 5) is 21.4. The lowest BCUT2D eigenvalue weighted by Gasteiger charge is -2.39. The number of aryl methyl sites for hydroxylation is 2. The number of hydrogen-bond donors (Lipinski definition) is 1. The van der Waals surface area contributed by atoms with E-state index >= 15 is 0 Å². The molecule has 6 nitrogen and oxygen atoms in total. The van der Waals surface area contributed by atoms with Crippen LogP contribution >= 0.6 is 0 Å². The minimum Gasteiger partial charge on any atom is -0.395 e. The molecule has 2 aliphatic rings. The molecule has 1 aromatic heterocycles. The normalized spacial score (nSPS) is 23.8. The van der Waals surface area contributed by atoms with Crippen LogP contribution in [-0.2, 0) is 4.79 Å². The number of rotatable bonds is 3. The number of nitrogens with zero attached hydrogens (tertiary/aromatic N) is 4. The van der Waals surface area contributed by atoms with Gasteiger partial charge in [0.05, 0.1) is 23.3 Å². The highest BCUT2D eigenvalue weighted by Gasteiger charge is 2.48. The molecule has 1 N–H and O–H groups in total. The summed E-state index contributed by atoms with van der Waals surface area (Å²) in [5.41, 5.74) is 1.96. The van der Waals surface area contributed by atoms with E-state index in [-0.39, 0.29) is 17.9 Å². The summed E-state index contributed by atoms with van der Waals surface area (Å²) in [6, 6.07) is 4.15. The van der Waals surface area contributed by atoms with Crippen molar-refractivity contribution < 1.29 is 9.90 Å². The Morgan fingerprint density at radius 2 is 2.17 bits per heavy atom. The molecule has 128 valence electrons. The van der Waals surface area contributed by atoms with E-state index in [9.17, 15) is 10.1 Å². The molecule has 0 bridgehead atoms. The van der Waals surface area contributed by atoms with Crippen LogP contribution < -0.4 is 4.90 Å². The van der Waals surface area contributed by atoms with Crippen LogP contribution in [0.3, 0.4) is 0 Å². The Labute approximate surface area is 142 Å². The number of amides is 1. The number of nitriles is 1. The number of likely N-dealkylation sites (tertiary alicyclic amines) is 1. The van der Waals surface area contributed by atoms with Gasteiger partial charge in [-0.1, -0.05) is 0 Å². The van der Waals surface area contributed by atoms with Gasteiger partial charge in [0, 0.05) is 26.2 Å². The molecule has 0 saturated carbocycles. The Morgan fingerprint density at radius 3 is 2.83 bits per heavy atom. The summed E-state index contributed by atoms with van der Waals surface area (Å²) in [6.07, 6.45) is 2.71. The number of hydrogen-bond acceptors (Lipinski definition) is 5. The van der Waals surface area contributed by atoms with Crippen molar-refractivity contribution in [2.45, 2.75) is 33.1 Å². The minimum absolute atomic E-state index is 0.0150. The lowest BCUT2D eigenvalue weighted by Crippen LogP contribution is -2.50. The van der Waals surface area contributed by atoms with Gasteiger partial charge in [0.2, 0.25) is 5.91 Å². The molecule has 1 unspecified atom stereocenters. The van der Waals surface area contributed by atoms with E-state index in [4.69, 9.17) is 5.11 Å². The smallest absolute Gasteiger partial charge is 0.230 e. The fourth-order valence-corrected chi connectivity index (χ4v) is 4.08. The zero-order valence-electron chi connectivity index (χ0n) is 14.4. The molecule has 1 aromatic rings. The largest absolute Gasteiger partial charge is 0.395 e. The van der Waals surface area contributed by atoms with Gasteiger partial charge in [-0.25, -0.2) is 4.98 Å². The highest BCUT2D eigenvalue weighted by atomic mass is 16.3. The summed E-state index contributed by atoms with van der Waals surface area (Å²) in [5, 5.41) is 18.4. The van der Waals surface area contributed by atoms with Crippen LogP contribution in [0.5, 0.6) is 0 Å². The zero-order chi connectivity index (χ0) is 17.3. The monoisotopic (exact) mass is 328 g/mol. The fraction of sp³-hybridized carbons (Fsp3) is 0.611. The second-order valence-electron chi connectivity index (χ2n) is 6.94. The van der Waals surface area contributed by atoms with Crippen LogP contribution in [0.25, 0.3) is 0 Å². The summed E-state index contributed by atoms with van der Waals surface area (Å²) in [5.74, 6) is 1.03. The maximum atomic E-state index is 12.9. The van der Waals surface area contributed by atoms with Crippen LogP contribution in [-0.4, -0.2) is 53.7 Å². The van der Waals surface area contributed by atoms with Crippen molar-refractivity contribution in [1.29, 1.82) is 5.26 Å². The predicted molar refractivity (Wildman–Crippen MR) is 90.6 cm³/mol. The van der Waals surface area contributed by atoms with Gasteiger partial charge in [0.1, 0.15) is 11.9 Å². The molecule has 3 rings (SSSR count). The van der Waals surface area contributed by atoms with E-state index in [1.165, 1.54) is 0 Å². The van der Waals surface area contributed by atoms with Gasteiger partial charge in [0.25, 0.3) is 0 Å². The molecule has 6 heteroatoms. The average molecular weight is 328 g/mol. The molecule has 2 saturated heterocycles. The first-order chi connectivity index (χ1) is 11.5. The summed E-state index contributed by atoms with van der Waals surface area (Å²) in [6.45, 7) is 6.44. The predicted octanol–water partition coefficient (Wildman–Crippen LogP) is 1.38. The van der Waals surface area contributed by atoms with Gasteiger partial charge in [-0.2, -0.15) is 5.26 Å². The number of piperidine rings is 1. The first-order valence-corrected chi connectivity index (χ1v) is 8.54. The fourth-order valence-electron chi connectivity index (χ4n) is 4.08. The van der Waals surface area contributed by atoms with E-state index in [0.717, 1.165) is 49.4 Å². The number of aromatic nitrogens is 1. The lowest BCUT2D eigenvalue weighted by molar-refractivity contribution is -0.145. The standard InChI is InChI=1S/C18H24N4O2/c1-13-10-16(20-14(2)15(13)11-19)22-7-5-18(12-22)4-3-6-21(8-9-23)17(18)24/h10,23H,3-9,12H2,1-2H3. The molecule has 2 aliphatic heterocycles. The summed E-state index contributed by atoms with van der Waals surface area (Å²) in [7, 11) is 0. The second kappa shape index (κ2) is 6.40. The number of pyridine rings is 1. The summed E-state index contributed by atoms with van der Waals surface area (Å²) < 4.78 is 0. The van der Waals surface area contributed by atoms with Crippen LogP contribution in [0.1, 0.15) is 36.1 Å². The van der Waals surface area contributed by atoms with Crippen molar-refractivity contribution in [2.75, 3.05) is 37.7 Å². The molecule has 1 spiro atoms. The second-order valence-corrected chi connectivity index (χ2v) is 6.94. The van der Waals surface area contributed by atoms with Crippen molar-refractivity contribution in [1.82, 2.24) is 9.88 Å². The molecule has 24 heavy (non-hydrogen) atoms. The lowest BCUT2D eigenvalue weighted by atomic mass is 9.78. The maximum Gasteiger partial charge on any atom is 0.230 e. The molecule has 2 fully saturated rings. The number of aliphatic hydroxyl groups excluding tert-OH is 1. The maximum absolute atomic E-state index is 12.9. The van der Waals surface area contributed by atoms with Gasteiger partial charge in [0.15, 0.2) is 0 Å². The number of β-amino-alcohol motifs (C(OH)–C–C–N with tert-alkyl or cyclic N) is 1. The molecular weight excluding hydrogens is 304 g/mol. The SMILES string of the molecule is Cc1cc(N2CCC3(CCCN(CCO)C3=O)C2)nc(C)c1C#N. The zero-order valence-corrected chi connectivity index (χ0v) is 14.4. The number of anilines is 1. The quantitative estimate of drug-likeness (QED) is 0.907. The first-order valence-electron chi connectivity index (χ1n) is 8.54. The van der Waals surface area contributed by atoms with Crippen molar-refractivity contribution in [2.24, 2.45) is 5.41 Å². The Kier molecular flexibility index (Phi) is 4.46. The van der Waals surface area contributed by atoms with Gasteiger partial charge in [-0.05, 0) is 44.7 Å². The third kappa shape index (κ3) is 2.73. The number of carbonyl (C=O) groups is 1. The molecule has 1 atom stereocenters. The molecule has 0 aromatic carbocycles. The van der Waals surface area contributed by atoms with E-state index in [1.54, 1.807) is 4.90 Å². The van der Waals surface area contributed by atoms with Crippen molar-refractivity contribution in [3.8, 4) is 6.07 Å². The first kappa shape index (κ1) is 16.7. The van der Waals surface area contributed by atoms with Crippen LogP contribution in [0.15, 0.2) is 6.07 Å². The number of carbonyl (C=O) groups excluding carboxylic acids is 1. The number of aliphatic hydroxyl groups is 1. The van der Waals surface area contributed by atoms with Crippen LogP contribution in [0.4, 0.5) is 5.82 Å². The van der Waals surface area contributed by atoms with Crippen LogP contribution in [0.2, 0.25) is 0 Å². The van der Waals surface area contributed by atoms with E-state index in [1.807, 2.05) is 19.9 Å². The Morgan fingerprint density at radius 1 is 1.38 bits per heavy atom. The highest BCUT2D eigenvalue weighted by Crippen LogP contribution is 2.41. The van der Waals surface area contributed by atoms with Crippen molar-refractivity contribution in [3.05, 3.63) is 22.9 Å². The Bertz CT molecular complexity index is 672. The van der Waals surface area contributed by atoms with Gasteiger partial charge in [-0.3, -0.25) is 4.79 Å². The van der Waals surface area contributed by atoms with E-state index in [0.29, 0.717) is 18.7 Å². The minimum atomic E-state index is -0.342. The van der Waals surface area contributed by atoms with Gasteiger partial charge >= 0.3 is 0 Å². The van der Waals surface area contributed by atoms with Crippen LogP contribution in [0, 0.1) is 30.6 Å². The molecule has 3 heterocycles. The van der Waals surface area contributed by atoms with E-state index < -0.39 is 0 Å². The van der Waals surface area contributed by atoms with Crippen molar-refractivity contribution >= 4 is 11.7 Å². The third-order valence-electron chi connectivity index (χ3n) is 5.37. The molecular formula is C18H24N4O2. The average Bonchev–Trinajstić information content (AvgIpc) is 2.97. The Balaban J connectivity index is 1.83. The molecule has 0 aliphatic carbocycles. The molecule has 0 radical (unpaired) electrons. The summed E-state index contributed by atoms with van der Waals surface area (Å²) >= 11 is 0. The Hall–Kier alpha value is -2.13. The van der Waals surface area contributed by atoms with Crippen molar-refractivity contribution in [3.63, 3.8) is 0 Å². The highest BCUT2D eigenvalue weighted by molar-refractivity contribution is 5.85. The molecule has 1 amide bonds. The van der Waals surface area contributed by atoms with Gasteiger partial charge < -0.3 is 14.9 Å². The van der Waals surface area contributed by atoms with E-state index in [2.05, 4.69) is 16.0 Å². The van der Waals surface area contributed by atoms with Gasteiger partial charge in [-0.15, -0.1) is 0 Å². The third-order valence-corrected chi connectivity index (χ3v) is 5.37.